The van der Waals surface area contributed by atoms with Crippen LogP contribution in [0.25, 0.3) is 10.9 Å². The minimum Gasteiger partial charge on any atom is -0.480 e. The van der Waals surface area contributed by atoms with E-state index in [1.807, 2.05) is 24.3 Å². The Morgan fingerprint density at radius 3 is 2.43 bits per heavy atom. The van der Waals surface area contributed by atoms with Gasteiger partial charge in [-0.1, -0.05) is 18.2 Å². The first kappa shape index (κ1) is 23.2. The quantitative estimate of drug-likeness (QED) is 0.240. The second-order valence-corrected chi connectivity index (χ2v) is 7.07. The number of hydrogen-bond donors (Lipinski definition) is 7. The maximum atomic E-state index is 12.5. The summed E-state index contributed by atoms with van der Waals surface area (Å²) >= 11 is 4.01. The van der Waals surface area contributed by atoms with Gasteiger partial charge in [-0.3, -0.25) is 14.4 Å². The van der Waals surface area contributed by atoms with Crippen LogP contribution in [-0.2, 0) is 25.6 Å². The average Bonchev–Trinajstić information content (AvgIpc) is 3.13. The largest absolute Gasteiger partial charge is 0.480 e. The van der Waals surface area contributed by atoms with Crippen molar-refractivity contribution in [2.24, 2.45) is 5.73 Å². The van der Waals surface area contributed by atoms with Crippen LogP contribution in [0.2, 0.25) is 0 Å². The summed E-state index contributed by atoms with van der Waals surface area (Å²) in [5, 5.41) is 17.7. The van der Waals surface area contributed by atoms with E-state index in [9.17, 15) is 24.3 Å². The van der Waals surface area contributed by atoms with Gasteiger partial charge in [-0.15, -0.1) is 0 Å². The Hall–Kier alpha value is -3.05. The molecule has 0 saturated carbocycles. The number of aromatic amines is 1. The fraction of sp³-hybridized carbons (Fsp3) is 0.368. The van der Waals surface area contributed by atoms with Crippen LogP contribution in [0, 0.1) is 0 Å². The van der Waals surface area contributed by atoms with Crippen molar-refractivity contribution in [1.82, 2.24) is 20.9 Å². The number of carbonyl (C=O) groups is 4. The Bertz CT molecular complexity index is 931. The second kappa shape index (κ2) is 10.6. The van der Waals surface area contributed by atoms with Gasteiger partial charge >= 0.3 is 5.97 Å². The van der Waals surface area contributed by atoms with Crippen molar-refractivity contribution in [3.05, 3.63) is 36.0 Å². The van der Waals surface area contributed by atoms with E-state index in [0.717, 1.165) is 16.5 Å². The van der Waals surface area contributed by atoms with Gasteiger partial charge in [-0.25, -0.2) is 4.79 Å². The van der Waals surface area contributed by atoms with Crippen LogP contribution in [0.1, 0.15) is 12.5 Å². The highest BCUT2D eigenvalue weighted by atomic mass is 32.1. The van der Waals surface area contributed by atoms with Crippen LogP contribution in [0.4, 0.5) is 0 Å². The molecule has 1 aromatic carbocycles. The molecule has 7 N–H and O–H groups in total. The number of rotatable bonds is 10. The highest BCUT2D eigenvalue weighted by molar-refractivity contribution is 7.80. The number of amides is 3. The fourth-order valence-corrected chi connectivity index (χ4v) is 3.10. The van der Waals surface area contributed by atoms with Gasteiger partial charge < -0.3 is 31.8 Å². The summed E-state index contributed by atoms with van der Waals surface area (Å²) in [6.45, 7) is 1.12. The summed E-state index contributed by atoms with van der Waals surface area (Å²) in [5.41, 5.74) is 6.81. The lowest BCUT2D eigenvalue weighted by Crippen LogP contribution is -2.56. The highest BCUT2D eigenvalue weighted by Crippen LogP contribution is 2.19. The molecule has 0 aliphatic carbocycles. The number of para-hydroxylation sites is 1. The number of carboxylic acids is 1. The van der Waals surface area contributed by atoms with Crippen LogP contribution in [0.15, 0.2) is 30.5 Å². The number of aromatic nitrogens is 1. The SMILES string of the molecule is CC(NC(=O)C(CS)NC(=O)CN)C(=O)NC(Cc1c[nH]c2ccccc12)C(=O)O. The summed E-state index contributed by atoms with van der Waals surface area (Å²) in [5.74, 6) is -3.03. The predicted molar refractivity (Wildman–Crippen MR) is 114 cm³/mol. The molecule has 30 heavy (non-hydrogen) atoms. The van der Waals surface area contributed by atoms with E-state index in [1.165, 1.54) is 6.92 Å². The number of hydrogen-bond acceptors (Lipinski definition) is 6. The van der Waals surface area contributed by atoms with E-state index in [0.29, 0.717) is 0 Å². The van der Waals surface area contributed by atoms with Crippen LogP contribution < -0.4 is 21.7 Å². The fourth-order valence-electron chi connectivity index (χ4n) is 2.84. The standard InChI is InChI=1S/C19H25N5O5S/c1-10(22-18(27)15(9-30)23-16(25)7-20)17(26)24-14(19(28)29)6-11-8-21-13-5-3-2-4-12(11)13/h2-5,8,10,14-15,21,30H,6-7,9,20H2,1H3,(H,22,27)(H,23,25)(H,24,26)(H,28,29). The first-order valence-electron chi connectivity index (χ1n) is 9.25. The number of nitrogens with one attached hydrogen (secondary N) is 4. The summed E-state index contributed by atoms with van der Waals surface area (Å²) in [7, 11) is 0. The predicted octanol–water partition coefficient (Wildman–Crippen LogP) is -0.842. The molecule has 0 saturated heterocycles. The van der Waals surface area contributed by atoms with E-state index >= 15 is 0 Å². The van der Waals surface area contributed by atoms with Crippen LogP contribution in [-0.4, -0.2) is 64.2 Å². The van der Waals surface area contributed by atoms with Gasteiger partial charge in [0.1, 0.15) is 18.1 Å². The molecule has 1 aromatic heterocycles. The van der Waals surface area contributed by atoms with Crippen LogP contribution in [0.5, 0.6) is 0 Å². The molecule has 0 spiro atoms. The van der Waals surface area contributed by atoms with Gasteiger partial charge in [-0.05, 0) is 18.6 Å². The average molecular weight is 436 g/mol. The Balaban J connectivity index is 2.01. The van der Waals surface area contributed by atoms with E-state index in [2.05, 4.69) is 33.6 Å². The number of nitrogens with two attached hydrogens (primary N) is 1. The van der Waals surface area contributed by atoms with Crippen LogP contribution in [0.3, 0.4) is 0 Å². The molecule has 3 atom stereocenters. The molecule has 0 bridgehead atoms. The molecular formula is C19H25N5O5S. The number of carbonyl (C=O) groups excluding carboxylic acids is 3. The molecule has 10 nitrogen and oxygen atoms in total. The Morgan fingerprint density at radius 2 is 1.80 bits per heavy atom. The number of carboxylic acid groups (broad SMARTS) is 1. The van der Waals surface area contributed by atoms with Gasteiger partial charge in [0, 0.05) is 29.3 Å². The molecule has 3 amide bonds. The minimum absolute atomic E-state index is 0.00419. The highest BCUT2D eigenvalue weighted by Gasteiger charge is 2.27. The van der Waals surface area contributed by atoms with Gasteiger partial charge in [-0.2, -0.15) is 12.6 Å². The molecule has 2 aromatic rings. The van der Waals surface area contributed by atoms with E-state index in [-0.39, 0.29) is 18.7 Å². The van der Waals surface area contributed by atoms with Gasteiger partial charge in [0.05, 0.1) is 6.54 Å². The number of H-pyrrole nitrogens is 1. The molecule has 1 heterocycles. The van der Waals surface area contributed by atoms with Gasteiger partial charge in [0.25, 0.3) is 0 Å². The lowest BCUT2D eigenvalue weighted by atomic mass is 10.0. The van der Waals surface area contributed by atoms with Crippen molar-refractivity contribution in [2.45, 2.75) is 31.5 Å². The first-order valence-corrected chi connectivity index (χ1v) is 9.88. The Kier molecular flexibility index (Phi) is 8.25. The molecular weight excluding hydrogens is 410 g/mol. The van der Waals surface area contributed by atoms with Crippen molar-refractivity contribution < 1.29 is 24.3 Å². The zero-order chi connectivity index (χ0) is 22.3. The van der Waals surface area contributed by atoms with E-state index in [4.69, 9.17) is 5.73 Å². The molecule has 2 rings (SSSR count). The van der Waals surface area contributed by atoms with E-state index in [1.54, 1.807) is 6.20 Å². The first-order chi connectivity index (χ1) is 14.3. The van der Waals surface area contributed by atoms with Crippen molar-refractivity contribution in [3.63, 3.8) is 0 Å². The summed E-state index contributed by atoms with van der Waals surface area (Å²) < 4.78 is 0. The molecule has 162 valence electrons. The van der Waals surface area contributed by atoms with Gasteiger partial charge in [0.2, 0.25) is 17.7 Å². The van der Waals surface area contributed by atoms with E-state index < -0.39 is 41.8 Å². The third-order valence-electron chi connectivity index (χ3n) is 4.49. The lowest BCUT2D eigenvalue weighted by Gasteiger charge is -2.21. The number of thiol groups is 1. The summed E-state index contributed by atoms with van der Waals surface area (Å²) in [6.07, 6.45) is 1.77. The summed E-state index contributed by atoms with van der Waals surface area (Å²) in [6, 6.07) is 4.24. The molecule has 0 aliphatic heterocycles. The number of benzene rings is 1. The lowest BCUT2D eigenvalue weighted by molar-refractivity contribution is -0.142. The molecule has 0 aliphatic rings. The monoisotopic (exact) mass is 435 g/mol. The molecule has 3 unspecified atom stereocenters. The third-order valence-corrected chi connectivity index (χ3v) is 4.85. The summed E-state index contributed by atoms with van der Waals surface area (Å²) in [4.78, 5) is 50.8. The normalized spacial score (nSPS) is 13.8. The zero-order valence-corrected chi connectivity index (χ0v) is 17.2. The number of fused-ring (bicyclic) bond motifs is 1. The smallest absolute Gasteiger partial charge is 0.326 e. The van der Waals surface area contributed by atoms with Crippen molar-refractivity contribution in [2.75, 3.05) is 12.3 Å². The molecule has 0 radical (unpaired) electrons. The number of aliphatic carboxylic acids is 1. The maximum Gasteiger partial charge on any atom is 0.326 e. The Morgan fingerprint density at radius 1 is 1.10 bits per heavy atom. The molecule has 11 heteroatoms. The van der Waals surface area contributed by atoms with Crippen molar-refractivity contribution in [3.8, 4) is 0 Å². The third kappa shape index (κ3) is 5.97. The van der Waals surface area contributed by atoms with Crippen molar-refractivity contribution >= 4 is 47.2 Å². The topological polar surface area (TPSA) is 166 Å². The van der Waals surface area contributed by atoms with Gasteiger partial charge in [0.15, 0.2) is 0 Å². The minimum atomic E-state index is -1.20. The maximum absolute atomic E-state index is 12.5. The van der Waals surface area contributed by atoms with Crippen LogP contribution >= 0.6 is 12.6 Å². The Labute approximate surface area is 178 Å². The van der Waals surface area contributed by atoms with Crippen molar-refractivity contribution in [1.29, 1.82) is 0 Å². The second-order valence-electron chi connectivity index (χ2n) is 6.70. The molecule has 0 fully saturated rings. The zero-order valence-electron chi connectivity index (χ0n) is 16.3.